The number of anilines is 1. The van der Waals surface area contributed by atoms with Crippen LogP contribution in [0.5, 0.6) is 0 Å². The van der Waals surface area contributed by atoms with Crippen LogP contribution in [0.3, 0.4) is 0 Å². The zero-order valence-corrected chi connectivity index (χ0v) is 14.7. The van der Waals surface area contributed by atoms with Crippen LogP contribution in [0.1, 0.15) is 25.8 Å². The molecule has 25 heavy (non-hydrogen) atoms. The van der Waals surface area contributed by atoms with Crippen LogP contribution in [0.25, 0.3) is 0 Å². The van der Waals surface area contributed by atoms with Crippen LogP contribution in [0.15, 0.2) is 29.4 Å². The number of ether oxygens (including phenoxy) is 1. The molecule has 0 aliphatic carbocycles. The van der Waals surface area contributed by atoms with Crippen LogP contribution in [0.2, 0.25) is 0 Å². The van der Waals surface area contributed by atoms with Crippen molar-refractivity contribution < 1.29 is 19.1 Å². The summed E-state index contributed by atoms with van der Waals surface area (Å²) < 4.78 is 4.82. The topological polar surface area (TPSA) is 109 Å². The number of benzene rings is 1. The number of nitrogens with zero attached hydrogens (tertiary/aromatic N) is 1. The molecule has 0 radical (unpaired) electrons. The zero-order valence-electron chi connectivity index (χ0n) is 14.7. The fraction of sp³-hybridized carbons (Fsp3) is 0.412. The predicted octanol–water partition coefficient (Wildman–Crippen LogP) is 0.832. The van der Waals surface area contributed by atoms with Crippen LogP contribution in [0, 0.1) is 0 Å². The molecule has 0 aliphatic heterocycles. The van der Waals surface area contributed by atoms with Gasteiger partial charge in [0.15, 0.2) is 0 Å². The second-order valence-electron chi connectivity index (χ2n) is 5.31. The van der Waals surface area contributed by atoms with E-state index in [9.17, 15) is 14.4 Å². The SMILES string of the molecule is CCc1ccc(NC(=O)C(=O)N/N=C(/C)CC(=O)NCCOC)cc1. The van der Waals surface area contributed by atoms with Gasteiger partial charge < -0.3 is 15.4 Å². The third kappa shape index (κ3) is 8.07. The van der Waals surface area contributed by atoms with Crippen LogP contribution in [0.4, 0.5) is 5.69 Å². The molecule has 0 saturated carbocycles. The molecule has 3 amide bonds. The molecule has 3 N–H and O–H groups in total. The molecule has 0 spiro atoms. The Kier molecular flexibility index (Phi) is 8.87. The standard InChI is InChI=1S/C17H24N4O4/c1-4-13-5-7-14(8-6-13)19-16(23)17(24)21-20-12(2)11-15(22)18-9-10-25-3/h5-8H,4,9-11H2,1-3H3,(H,18,22)(H,19,23)(H,21,24)/b20-12-. The van der Waals surface area contributed by atoms with Crippen molar-refractivity contribution in [2.75, 3.05) is 25.6 Å². The van der Waals surface area contributed by atoms with Crippen molar-refractivity contribution in [1.29, 1.82) is 0 Å². The summed E-state index contributed by atoms with van der Waals surface area (Å²) in [6, 6.07) is 7.20. The van der Waals surface area contributed by atoms with Gasteiger partial charge in [-0.25, -0.2) is 5.43 Å². The lowest BCUT2D eigenvalue weighted by Gasteiger charge is -2.06. The number of aryl methyl sites for hydroxylation is 1. The van der Waals surface area contributed by atoms with E-state index in [1.54, 1.807) is 19.1 Å². The van der Waals surface area contributed by atoms with Gasteiger partial charge in [-0.05, 0) is 31.0 Å². The number of hydrazone groups is 1. The quantitative estimate of drug-likeness (QED) is 0.280. The molecule has 0 aliphatic rings. The molecular weight excluding hydrogens is 324 g/mol. The van der Waals surface area contributed by atoms with Crippen LogP contribution in [-0.2, 0) is 25.5 Å². The van der Waals surface area contributed by atoms with Crippen molar-refractivity contribution in [2.45, 2.75) is 26.7 Å². The van der Waals surface area contributed by atoms with Crippen molar-refractivity contribution in [3.8, 4) is 0 Å². The summed E-state index contributed by atoms with van der Waals surface area (Å²) in [5.41, 5.74) is 4.16. The van der Waals surface area contributed by atoms with Gasteiger partial charge in [0.25, 0.3) is 0 Å². The Morgan fingerprint density at radius 3 is 2.40 bits per heavy atom. The Morgan fingerprint density at radius 2 is 1.80 bits per heavy atom. The maximum atomic E-state index is 11.8. The Labute approximate surface area is 147 Å². The highest BCUT2D eigenvalue weighted by molar-refractivity contribution is 6.39. The predicted molar refractivity (Wildman–Crippen MR) is 95.2 cm³/mol. The van der Waals surface area contributed by atoms with E-state index in [0.29, 0.717) is 24.6 Å². The summed E-state index contributed by atoms with van der Waals surface area (Å²) in [6.45, 7) is 4.42. The molecule has 0 aromatic heterocycles. The van der Waals surface area contributed by atoms with E-state index in [4.69, 9.17) is 4.74 Å². The van der Waals surface area contributed by atoms with Gasteiger partial charge >= 0.3 is 11.8 Å². The largest absolute Gasteiger partial charge is 0.383 e. The Hall–Kier alpha value is -2.74. The van der Waals surface area contributed by atoms with Gasteiger partial charge in [-0.3, -0.25) is 14.4 Å². The second kappa shape index (κ2) is 10.9. The molecule has 0 atom stereocenters. The van der Waals surface area contributed by atoms with E-state index in [1.807, 2.05) is 19.1 Å². The number of nitrogens with one attached hydrogen (secondary N) is 3. The van der Waals surface area contributed by atoms with Crippen molar-refractivity contribution >= 4 is 29.1 Å². The van der Waals surface area contributed by atoms with Gasteiger partial charge in [0.1, 0.15) is 0 Å². The maximum absolute atomic E-state index is 11.8. The number of carbonyl (C=O) groups is 3. The van der Waals surface area contributed by atoms with E-state index < -0.39 is 11.8 Å². The molecule has 0 saturated heterocycles. The monoisotopic (exact) mass is 348 g/mol. The van der Waals surface area contributed by atoms with E-state index in [0.717, 1.165) is 12.0 Å². The average Bonchev–Trinajstić information content (AvgIpc) is 2.60. The zero-order chi connectivity index (χ0) is 18.7. The minimum absolute atomic E-state index is 0.0179. The average molecular weight is 348 g/mol. The number of rotatable bonds is 8. The lowest BCUT2D eigenvalue weighted by atomic mass is 10.1. The first-order chi connectivity index (χ1) is 12.0. The first kappa shape index (κ1) is 20.3. The number of methoxy groups -OCH3 is 1. The van der Waals surface area contributed by atoms with Crippen molar-refractivity contribution in [3.05, 3.63) is 29.8 Å². The molecule has 8 heteroatoms. The molecule has 8 nitrogen and oxygen atoms in total. The lowest BCUT2D eigenvalue weighted by Crippen LogP contribution is -2.33. The van der Waals surface area contributed by atoms with Crippen molar-refractivity contribution in [3.63, 3.8) is 0 Å². The molecular formula is C17H24N4O4. The van der Waals surface area contributed by atoms with Gasteiger partial charge in [-0.1, -0.05) is 19.1 Å². The van der Waals surface area contributed by atoms with Gasteiger partial charge in [0.05, 0.1) is 13.0 Å². The first-order valence-electron chi connectivity index (χ1n) is 7.95. The summed E-state index contributed by atoms with van der Waals surface area (Å²) in [7, 11) is 1.54. The number of carbonyl (C=O) groups excluding carboxylic acids is 3. The summed E-state index contributed by atoms with van der Waals surface area (Å²) in [4.78, 5) is 35.1. The number of hydrogen-bond acceptors (Lipinski definition) is 5. The molecule has 0 unspecified atom stereocenters. The third-order valence-electron chi connectivity index (χ3n) is 3.22. The van der Waals surface area contributed by atoms with Gasteiger partial charge in [0.2, 0.25) is 5.91 Å². The third-order valence-corrected chi connectivity index (χ3v) is 3.22. The van der Waals surface area contributed by atoms with Crippen molar-refractivity contribution in [2.24, 2.45) is 5.10 Å². The lowest BCUT2D eigenvalue weighted by molar-refractivity contribution is -0.136. The van der Waals surface area contributed by atoms with E-state index in [-0.39, 0.29) is 12.3 Å². The molecule has 136 valence electrons. The highest BCUT2D eigenvalue weighted by Gasteiger charge is 2.13. The minimum Gasteiger partial charge on any atom is -0.383 e. The van der Waals surface area contributed by atoms with Crippen LogP contribution >= 0.6 is 0 Å². The Morgan fingerprint density at radius 1 is 1.12 bits per heavy atom. The molecule has 0 heterocycles. The Bertz CT molecular complexity index is 626. The summed E-state index contributed by atoms with van der Waals surface area (Å²) in [5, 5.41) is 8.86. The smallest absolute Gasteiger partial charge is 0.329 e. The minimum atomic E-state index is -0.904. The van der Waals surface area contributed by atoms with Crippen LogP contribution < -0.4 is 16.1 Å². The van der Waals surface area contributed by atoms with Crippen molar-refractivity contribution in [1.82, 2.24) is 10.7 Å². The number of amides is 3. The fourth-order valence-corrected chi connectivity index (χ4v) is 1.84. The molecule has 0 bridgehead atoms. The summed E-state index contributed by atoms with van der Waals surface area (Å²) in [5.74, 6) is -1.97. The first-order valence-corrected chi connectivity index (χ1v) is 7.95. The summed E-state index contributed by atoms with van der Waals surface area (Å²) in [6.07, 6.45) is 0.909. The van der Waals surface area contributed by atoms with E-state index in [1.165, 1.54) is 7.11 Å². The molecule has 1 aromatic rings. The second-order valence-corrected chi connectivity index (χ2v) is 5.31. The van der Waals surface area contributed by atoms with Gasteiger partial charge in [-0.2, -0.15) is 5.10 Å². The normalized spacial score (nSPS) is 10.9. The molecule has 1 rings (SSSR count). The highest BCUT2D eigenvalue weighted by Crippen LogP contribution is 2.09. The van der Waals surface area contributed by atoms with E-state index >= 15 is 0 Å². The van der Waals surface area contributed by atoms with Crippen LogP contribution in [-0.4, -0.2) is 43.7 Å². The highest BCUT2D eigenvalue weighted by atomic mass is 16.5. The summed E-state index contributed by atoms with van der Waals surface area (Å²) >= 11 is 0. The molecule has 0 fully saturated rings. The Balaban J connectivity index is 2.42. The fourth-order valence-electron chi connectivity index (χ4n) is 1.84. The van der Waals surface area contributed by atoms with Gasteiger partial charge in [-0.15, -0.1) is 0 Å². The van der Waals surface area contributed by atoms with E-state index in [2.05, 4.69) is 21.2 Å². The number of hydrogen-bond donors (Lipinski definition) is 3. The van der Waals surface area contributed by atoms with Gasteiger partial charge in [0, 0.05) is 25.1 Å². The maximum Gasteiger partial charge on any atom is 0.329 e. The molecule has 1 aromatic carbocycles.